The largest absolute Gasteiger partial charge is 0.496 e. The number of aromatic amines is 1. The molecule has 0 aliphatic rings. The number of nitrogens with zero attached hydrogens (tertiary/aromatic N) is 2. The number of hydrogen-bond donors (Lipinski definition) is 3. The minimum absolute atomic E-state index is 0.0554. The van der Waals surface area contributed by atoms with Gasteiger partial charge in [0.2, 0.25) is 5.91 Å². The average molecular weight is 465 g/mol. The number of rotatable bonds is 11. The maximum Gasteiger partial charge on any atom is 0.323 e. The molecular formula is C21H27N3O9. The topological polar surface area (TPSA) is 168 Å². The molecule has 1 aromatic heterocycles. The molecule has 0 saturated carbocycles. The van der Waals surface area contributed by atoms with Gasteiger partial charge in [-0.1, -0.05) is 0 Å². The van der Waals surface area contributed by atoms with Crippen LogP contribution < -0.4 is 14.2 Å². The Bertz CT molecular complexity index is 972. The summed E-state index contributed by atoms with van der Waals surface area (Å²) in [5.41, 5.74) is 0.854. The first kappa shape index (κ1) is 26.9. The molecule has 1 aromatic carbocycles. The van der Waals surface area contributed by atoms with Crippen LogP contribution in [0.4, 0.5) is 0 Å². The number of nitrogens with one attached hydrogen (secondary N) is 1. The highest BCUT2D eigenvalue weighted by molar-refractivity contribution is 6.01. The van der Waals surface area contributed by atoms with Gasteiger partial charge in [0.15, 0.2) is 17.3 Å². The quantitative estimate of drug-likeness (QED) is 0.327. The van der Waals surface area contributed by atoms with Crippen LogP contribution in [0.15, 0.2) is 18.3 Å². The van der Waals surface area contributed by atoms with Gasteiger partial charge in [-0.05, 0) is 13.0 Å². The van der Waals surface area contributed by atoms with E-state index in [1.54, 1.807) is 6.92 Å². The summed E-state index contributed by atoms with van der Waals surface area (Å²) >= 11 is 0. The Labute approximate surface area is 190 Å². The number of aromatic nitrogens is 2. The maximum atomic E-state index is 12.7. The third-order valence-corrected chi connectivity index (χ3v) is 4.37. The number of carboxylic acids is 1. The lowest BCUT2D eigenvalue weighted by Crippen LogP contribution is -2.35. The molecule has 0 atom stereocenters. The number of carbonyl (C=O) groups is 4. The molecule has 180 valence electrons. The van der Waals surface area contributed by atoms with E-state index in [2.05, 4.69) is 9.97 Å². The Kier molecular flexibility index (Phi) is 10.9. The van der Waals surface area contributed by atoms with E-state index < -0.39 is 18.4 Å². The second kappa shape index (κ2) is 13.3. The van der Waals surface area contributed by atoms with Gasteiger partial charge in [0.05, 0.1) is 45.3 Å². The number of H-pyrrole nitrogens is 1. The molecule has 0 saturated heterocycles. The zero-order chi connectivity index (χ0) is 25.0. The van der Waals surface area contributed by atoms with E-state index in [-0.39, 0.29) is 37.2 Å². The molecule has 0 radical (unpaired) electrons. The molecule has 3 N–H and O–H groups in total. The van der Waals surface area contributed by atoms with Crippen molar-refractivity contribution in [1.29, 1.82) is 0 Å². The van der Waals surface area contributed by atoms with Crippen LogP contribution in [0, 0.1) is 6.92 Å². The molecule has 0 aliphatic carbocycles. The lowest BCUT2D eigenvalue weighted by Gasteiger charge is -2.20. The fraction of sp³-hybridized carbons (Fsp3) is 0.381. The van der Waals surface area contributed by atoms with Crippen molar-refractivity contribution >= 4 is 24.1 Å². The van der Waals surface area contributed by atoms with Gasteiger partial charge in [0.25, 0.3) is 6.47 Å². The molecule has 12 heteroatoms. The fourth-order valence-electron chi connectivity index (χ4n) is 2.91. The number of benzene rings is 1. The third kappa shape index (κ3) is 8.16. The molecule has 1 heterocycles. The minimum Gasteiger partial charge on any atom is -0.496 e. The highest BCUT2D eigenvalue weighted by Gasteiger charge is 2.22. The van der Waals surface area contributed by atoms with Crippen molar-refractivity contribution in [3.8, 4) is 17.2 Å². The summed E-state index contributed by atoms with van der Waals surface area (Å²) in [7, 11) is 4.34. The maximum absolute atomic E-state index is 12.7. The molecule has 0 spiro atoms. The standard InChI is InChI=1S/C20H25N3O7.CH2O2/c1-12-21-9-13(22-12)10-23(11-20(26)27)19(25)6-5-15(24)14-7-17(29-3)18(30-4)8-16(14)28-2;2-1-3/h7-9H,5-6,10-11H2,1-4H3,(H,21,22)(H,26,27);1H,(H,2,3). The summed E-state index contributed by atoms with van der Waals surface area (Å²) in [4.78, 5) is 53.0. The van der Waals surface area contributed by atoms with Crippen molar-refractivity contribution in [2.45, 2.75) is 26.3 Å². The Balaban J connectivity index is 0.00000172. The van der Waals surface area contributed by atoms with Gasteiger partial charge in [0, 0.05) is 18.9 Å². The first-order valence-electron chi connectivity index (χ1n) is 9.61. The van der Waals surface area contributed by atoms with Crippen LogP contribution in [0.3, 0.4) is 0 Å². The van der Waals surface area contributed by atoms with Crippen LogP contribution in [0.25, 0.3) is 0 Å². The van der Waals surface area contributed by atoms with Gasteiger partial charge in [-0.3, -0.25) is 19.2 Å². The minimum atomic E-state index is -1.15. The van der Waals surface area contributed by atoms with E-state index in [0.29, 0.717) is 28.8 Å². The van der Waals surface area contributed by atoms with E-state index in [0.717, 1.165) is 4.90 Å². The number of aryl methyl sites for hydroxylation is 1. The zero-order valence-corrected chi connectivity index (χ0v) is 18.8. The summed E-state index contributed by atoms with van der Waals surface area (Å²) in [5.74, 6) is -0.234. The van der Waals surface area contributed by atoms with Crippen molar-refractivity contribution in [2.24, 2.45) is 0 Å². The lowest BCUT2D eigenvalue weighted by molar-refractivity contribution is -0.144. The van der Waals surface area contributed by atoms with E-state index in [1.807, 2.05) is 0 Å². The molecule has 1 amide bonds. The lowest BCUT2D eigenvalue weighted by atomic mass is 10.0. The fourth-order valence-corrected chi connectivity index (χ4v) is 2.91. The highest BCUT2D eigenvalue weighted by atomic mass is 16.5. The van der Waals surface area contributed by atoms with Gasteiger partial charge in [0.1, 0.15) is 18.1 Å². The Morgan fingerprint density at radius 1 is 1.06 bits per heavy atom. The number of ether oxygens (including phenoxy) is 3. The predicted octanol–water partition coefficient (Wildman–Crippen LogP) is 1.52. The van der Waals surface area contributed by atoms with Crippen LogP contribution in [-0.2, 0) is 20.9 Å². The molecule has 0 aliphatic heterocycles. The highest BCUT2D eigenvalue weighted by Crippen LogP contribution is 2.35. The van der Waals surface area contributed by atoms with E-state index in [9.17, 15) is 14.4 Å². The van der Waals surface area contributed by atoms with Gasteiger partial charge < -0.3 is 34.3 Å². The Hall–Kier alpha value is -4.09. The van der Waals surface area contributed by atoms with E-state index in [1.165, 1.54) is 39.7 Å². The molecule has 0 unspecified atom stereocenters. The summed E-state index contributed by atoms with van der Waals surface area (Å²) in [5, 5.41) is 16.0. The van der Waals surface area contributed by atoms with Crippen molar-refractivity contribution in [3.05, 3.63) is 35.4 Å². The van der Waals surface area contributed by atoms with Crippen LogP contribution in [0.5, 0.6) is 17.2 Å². The van der Waals surface area contributed by atoms with Crippen LogP contribution >= 0.6 is 0 Å². The summed E-state index contributed by atoms with van der Waals surface area (Å²) in [6.07, 6.45) is 1.26. The Morgan fingerprint density at radius 2 is 1.64 bits per heavy atom. The summed E-state index contributed by atoms with van der Waals surface area (Å²) in [6, 6.07) is 3.03. The van der Waals surface area contributed by atoms with Gasteiger partial charge in [-0.25, -0.2) is 4.98 Å². The van der Waals surface area contributed by atoms with Gasteiger partial charge in [-0.15, -0.1) is 0 Å². The molecule has 12 nitrogen and oxygen atoms in total. The number of hydrogen-bond acceptors (Lipinski definition) is 8. The third-order valence-electron chi connectivity index (χ3n) is 4.37. The van der Waals surface area contributed by atoms with Crippen LogP contribution in [0.1, 0.15) is 34.7 Å². The second-order valence-corrected chi connectivity index (χ2v) is 6.57. The molecular weight excluding hydrogens is 438 g/mol. The van der Waals surface area contributed by atoms with Crippen molar-refractivity contribution in [2.75, 3.05) is 27.9 Å². The molecule has 0 bridgehead atoms. The smallest absolute Gasteiger partial charge is 0.323 e. The van der Waals surface area contributed by atoms with Crippen molar-refractivity contribution in [3.63, 3.8) is 0 Å². The number of aliphatic carboxylic acids is 1. The Morgan fingerprint density at radius 3 is 2.12 bits per heavy atom. The van der Waals surface area contributed by atoms with E-state index in [4.69, 9.17) is 29.2 Å². The number of ketones is 1. The van der Waals surface area contributed by atoms with Crippen LogP contribution in [0.2, 0.25) is 0 Å². The van der Waals surface area contributed by atoms with E-state index >= 15 is 0 Å². The van der Waals surface area contributed by atoms with Crippen LogP contribution in [-0.4, -0.2) is 77.1 Å². The van der Waals surface area contributed by atoms with Gasteiger partial charge >= 0.3 is 5.97 Å². The normalized spacial score (nSPS) is 9.82. The molecule has 0 fully saturated rings. The first-order chi connectivity index (χ1) is 15.7. The number of carbonyl (C=O) groups excluding carboxylic acids is 2. The second-order valence-electron chi connectivity index (χ2n) is 6.57. The molecule has 2 aromatic rings. The monoisotopic (exact) mass is 465 g/mol. The van der Waals surface area contributed by atoms with Crippen molar-refractivity contribution < 1.29 is 43.6 Å². The molecule has 33 heavy (non-hydrogen) atoms. The predicted molar refractivity (Wildman–Crippen MR) is 115 cm³/mol. The number of methoxy groups -OCH3 is 3. The number of imidazole rings is 1. The molecule has 2 rings (SSSR count). The number of carboxylic acid groups (broad SMARTS) is 2. The SMILES string of the molecule is COc1cc(OC)c(C(=O)CCC(=O)N(CC(=O)O)Cc2cnc(C)[nH]2)cc1OC.O=CO. The van der Waals surface area contributed by atoms with Crippen molar-refractivity contribution in [1.82, 2.24) is 14.9 Å². The summed E-state index contributed by atoms with van der Waals surface area (Å²) in [6.45, 7) is 1.08. The average Bonchev–Trinajstić information content (AvgIpc) is 3.20. The zero-order valence-electron chi connectivity index (χ0n) is 18.8. The number of amides is 1. The van der Waals surface area contributed by atoms with Gasteiger partial charge in [-0.2, -0.15) is 0 Å². The number of Topliss-reactive ketones (excluding diaryl/α,β-unsaturated/α-hetero) is 1. The summed E-state index contributed by atoms with van der Waals surface area (Å²) < 4.78 is 15.7. The first-order valence-corrected chi connectivity index (χ1v) is 9.61.